The molecule has 1 saturated heterocycles. The topological polar surface area (TPSA) is 165 Å². The van der Waals surface area contributed by atoms with E-state index in [0.29, 0.717) is 11.3 Å². The number of aromatic nitrogens is 1. The highest BCUT2D eigenvalue weighted by Crippen LogP contribution is 2.63. The van der Waals surface area contributed by atoms with Crippen molar-refractivity contribution in [2.45, 2.75) is 38.5 Å². The Balaban J connectivity index is 1.90. The van der Waals surface area contributed by atoms with Crippen LogP contribution in [-0.4, -0.2) is 97.3 Å². The van der Waals surface area contributed by atoms with Crippen LogP contribution >= 0.6 is 0 Å². The lowest BCUT2D eigenvalue weighted by molar-refractivity contribution is -0.167. The molecule has 238 valence electrons. The van der Waals surface area contributed by atoms with E-state index in [4.69, 9.17) is 14.2 Å². The Morgan fingerprint density at radius 3 is 2.36 bits per heavy atom. The van der Waals surface area contributed by atoms with Crippen molar-refractivity contribution >= 4 is 35.6 Å². The molecule has 2 unspecified atom stereocenters. The fourth-order valence-corrected chi connectivity index (χ4v) is 7.10. The standard InChI is InChI=1S/C31H35N5O9/c1-17(37)30(25(38)34(3)28(41)32-2,11-7-18-9-13-33-14-10-18)24-21-19(15-20-22(23(21)43-6)45-16-44-20)8-12-31(24)26(39)35(4)29(42)36(5)27(31)40/h9-10,13-15,24H,7-8,11-12,16H2,1-6H3,(H,32,41). The summed E-state index contributed by atoms with van der Waals surface area (Å²) < 4.78 is 17.3. The third kappa shape index (κ3) is 4.49. The van der Waals surface area contributed by atoms with Crippen LogP contribution in [0.2, 0.25) is 0 Å². The maximum absolute atomic E-state index is 14.9. The molecule has 1 N–H and O–H groups in total. The molecule has 1 spiro atoms. The Kier molecular flexibility index (Phi) is 8.02. The van der Waals surface area contributed by atoms with Gasteiger partial charge in [0.1, 0.15) is 16.6 Å². The number of methoxy groups -OCH3 is 1. The van der Waals surface area contributed by atoms with Gasteiger partial charge in [0.15, 0.2) is 11.5 Å². The van der Waals surface area contributed by atoms with Crippen LogP contribution < -0.4 is 19.5 Å². The molecule has 14 nitrogen and oxygen atoms in total. The van der Waals surface area contributed by atoms with Gasteiger partial charge in [-0.3, -0.25) is 38.9 Å². The van der Waals surface area contributed by atoms with Crippen molar-refractivity contribution in [3.63, 3.8) is 0 Å². The Morgan fingerprint density at radius 1 is 1.13 bits per heavy atom. The van der Waals surface area contributed by atoms with Gasteiger partial charge in [-0.2, -0.15) is 0 Å². The van der Waals surface area contributed by atoms with Crippen molar-refractivity contribution in [3.8, 4) is 17.2 Å². The van der Waals surface area contributed by atoms with Crippen molar-refractivity contribution in [2.75, 3.05) is 42.1 Å². The number of fused-ring (bicyclic) bond motifs is 2. The predicted molar refractivity (Wildman–Crippen MR) is 156 cm³/mol. The number of ether oxygens (including phenoxy) is 3. The van der Waals surface area contributed by atoms with E-state index in [1.165, 1.54) is 42.2 Å². The minimum atomic E-state index is -2.20. The molecule has 5 rings (SSSR count). The van der Waals surface area contributed by atoms with Gasteiger partial charge in [-0.1, -0.05) is 0 Å². The number of aryl methyl sites for hydroxylation is 2. The lowest BCUT2D eigenvalue weighted by Gasteiger charge is -2.54. The van der Waals surface area contributed by atoms with Crippen LogP contribution in [0.5, 0.6) is 17.2 Å². The van der Waals surface area contributed by atoms with Crippen molar-refractivity contribution in [2.24, 2.45) is 10.8 Å². The normalized spacial score (nSPS) is 19.6. The maximum Gasteiger partial charge on any atom is 0.332 e. The molecule has 2 atom stereocenters. The molecule has 3 aliphatic rings. The van der Waals surface area contributed by atoms with Crippen LogP contribution in [0.15, 0.2) is 30.6 Å². The number of hydrogen-bond acceptors (Lipinski definition) is 10. The third-order valence-electron chi connectivity index (χ3n) is 9.35. The summed E-state index contributed by atoms with van der Waals surface area (Å²) in [5.41, 5.74) is -2.80. The molecule has 0 saturated carbocycles. The van der Waals surface area contributed by atoms with Gasteiger partial charge in [-0.25, -0.2) is 9.59 Å². The van der Waals surface area contributed by atoms with Gasteiger partial charge in [0, 0.05) is 52.1 Å². The van der Waals surface area contributed by atoms with Gasteiger partial charge in [0.05, 0.1) is 7.11 Å². The highest BCUT2D eigenvalue weighted by molar-refractivity contribution is 6.21. The average Bonchev–Trinajstić information content (AvgIpc) is 3.53. The molecule has 2 aromatic rings. The fraction of sp³-hybridized carbons (Fsp3) is 0.452. The van der Waals surface area contributed by atoms with E-state index in [2.05, 4.69) is 10.3 Å². The summed E-state index contributed by atoms with van der Waals surface area (Å²) in [5.74, 6) is -4.23. The van der Waals surface area contributed by atoms with Crippen LogP contribution in [-0.2, 0) is 32.0 Å². The number of carbonyl (C=O) groups is 6. The minimum Gasteiger partial charge on any atom is -0.492 e. The number of hydrogen-bond donors (Lipinski definition) is 1. The molecule has 1 aromatic heterocycles. The van der Waals surface area contributed by atoms with Crippen molar-refractivity contribution in [1.82, 2.24) is 25.0 Å². The van der Waals surface area contributed by atoms with Gasteiger partial charge < -0.3 is 19.5 Å². The highest BCUT2D eigenvalue weighted by atomic mass is 16.7. The first-order chi connectivity index (χ1) is 21.4. The fourth-order valence-electron chi connectivity index (χ4n) is 7.10. The molecule has 7 amide bonds. The van der Waals surface area contributed by atoms with E-state index in [9.17, 15) is 28.8 Å². The maximum atomic E-state index is 14.9. The van der Waals surface area contributed by atoms with E-state index >= 15 is 0 Å². The molecule has 0 bridgehead atoms. The molecule has 45 heavy (non-hydrogen) atoms. The number of rotatable bonds is 7. The number of carbonyl (C=O) groups excluding carboxylic acids is 6. The lowest BCUT2D eigenvalue weighted by atomic mass is 9.50. The molecule has 14 heteroatoms. The molecule has 1 aromatic carbocycles. The zero-order valence-electron chi connectivity index (χ0n) is 26.0. The van der Waals surface area contributed by atoms with E-state index in [0.717, 1.165) is 20.3 Å². The molecule has 1 fully saturated rings. The quantitative estimate of drug-likeness (QED) is 0.452. The van der Waals surface area contributed by atoms with Gasteiger partial charge in [-0.15, -0.1) is 0 Å². The number of urea groups is 2. The van der Waals surface area contributed by atoms with Crippen molar-refractivity contribution < 1.29 is 43.0 Å². The number of amides is 7. The van der Waals surface area contributed by atoms with Gasteiger partial charge in [-0.05, 0) is 61.9 Å². The van der Waals surface area contributed by atoms with E-state index in [-0.39, 0.29) is 49.5 Å². The summed E-state index contributed by atoms with van der Waals surface area (Å²) in [4.78, 5) is 90.6. The molecule has 2 aliphatic heterocycles. The summed E-state index contributed by atoms with van der Waals surface area (Å²) in [6, 6.07) is 3.48. The van der Waals surface area contributed by atoms with E-state index in [1.54, 1.807) is 30.6 Å². The van der Waals surface area contributed by atoms with Crippen LogP contribution in [0.4, 0.5) is 9.59 Å². The van der Waals surface area contributed by atoms with Crippen molar-refractivity contribution in [3.05, 3.63) is 47.3 Å². The summed E-state index contributed by atoms with van der Waals surface area (Å²) in [5, 5.41) is 2.41. The Morgan fingerprint density at radius 2 is 1.78 bits per heavy atom. The zero-order valence-corrected chi connectivity index (χ0v) is 26.0. The largest absolute Gasteiger partial charge is 0.492 e. The van der Waals surface area contributed by atoms with Crippen molar-refractivity contribution in [1.29, 1.82) is 0 Å². The second-order valence-corrected chi connectivity index (χ2v) is 11.4. The average molecular weight is 622 g/mol. The van der Waals surface area contributed by atoms with E-state index in [1.807, 2.05) is 0 Å². The van der Waals surface area contributed by atoms with Gasteiger partial charge in [0.2, 0.25) is 30.3 Å². The molecular formula is C31H35N5O9. The predicted octanol–water partition coefficient (Wildman–Crippen LogP) is 1.89. The Hall–Kier alpha value is -5.01. The first kappa shape index (κ1) is 31.4. The summed E-state index contributed by atoms with van der Waals surface area (Å²) >= 11 is 0. The van der Waals surface area contributed by atoms with Crippen LogP contribution in [0.25, 0.3) is 0 Å². The SMILES string of the molecule is CNC(=O)N(C)C(=O)C(CCc1ccncc1)(C(C)=O)C1c2c(cc3c(c2OC)OCO3)CCC12C(=O)N(C)C(=O)N(C)C2=O. The third-order valence-corrected chi connectivity index (χ3v) is 9.35. The number of Topliss-reactive ketones (excluding diaryl/α,β-unsaturated/α-hetero) is 1. The first-order valence-corrected chi connectivity index (χ1v) is 14.4. The summed E-state index contributed by atoms with van der Waals surface area (Å²) in [7, 11) is 6.44. The summed E-state index contributed by atoms with van der Waals surface area (Å²) in [6.45, 7) is 1.08. The number of ketones is 1. The second kappa shape index (κ2) is 11.5. The molecule has 1 aliphatic carbocycles. The van der Waals surface area contributed by atoms with Crippen LogP contribution in [0.1, 0.15) is 42.4 Å². The second-order valence-electron chi connectivity index (χ2n) is 11.4. The number of nitrogens with one attached hydrogen (secondary N) is 1. The minimum absolute atomic E-state index is 0.0943. The smallest absolute Gasteiger partial charge is 0.332 e. The van der Waals surface area contributed by atoms with Crippen LogP contribution in [0.3, 0.4) is 0 Å². The number of barbiturate groups is 1. The summed E-state index contributed by atoms with van der Waals surface area (Å²) in [6.07, 6.45) is 3.05. The number of pyridine rings is 1. The zero-order chi connectivity index (χ0) is 32.8. The first-order valence-electron chi connectivity index (χ1n) is 14.4. The molecule has 3 heterocycles. The number of nitrogens with zero attached hydrogens (tertiary/aromatic N) is 4. The Labute approximate surface area is 259 Å². The van der Waals surface area contributed by atoms with Crippen LogP contribution in [0, 0.1) is 10.8 Å². The lowest BCUT2D eigenvalue weighted by Crippen LogP contribution is -2.69. The monoisotopic (exact) mass is 621 g/mol. The van der Waals surface area contributed by atoms with Gasteiger partial charge >= 0.3 is 12.1 Å². The number of imide groups is 3. The number of benzene rings is 1. The molecular weight excluding hydrogens is 586 g/mol. The molecule has 0 radical (unpaired) electrons. The van der Waals surface area contributed by atoms with E-state index < -0.39 is 52.3 Å². The Bertz CT molecular complexity index is 1590. The highest BCUT2D eigenvalue weighted by Gasteiger charge is 2.70. The van der Waals surface area contributed by atoms with Gasteiger partial charge in [0.25, 0.3) is 0 Å².